The summed E-state index contributed by atoms with van der Waals surface area (Å²) < 4.78 is 16.9. The maximum absolute atomic E-state index is 12.9. The average molecular weight is 948 g/mol. The SMILES string of the molecule is CCCCCCCCCCCCCCCCCCCCCC(=O)O[C@H](COC(=O)CCCCCCCCCCCCCCCCCC(C)C)COC(=O)CCCCCCCCCCC(C)CC. The van der Waals surface area contributed by atoms with Crippen molar-refractivity contribution in [3.05, 3.63) is 0 Å². The first kappa shape index (κ1) is 65.4. The Morgan fingerprint density at radius 1 is 0.313 bits per heavy atom. The normalized spacial score (nSPS) is 12.4. The monoisotopic (exact) mass is 947 g/mol. The number of ether oxygens (including phenoxy) is 3. The van der Waals surface area contributed by atoms with E-state index in [-0.39, 0.29) is 31.1 Å². The van der Waals surface area contributed by atoms with Gasteiger partial charge in [0.1, 0.15) is 13.2 Å². The summed E-state index contributed by atoms with van der Waals surface area (Å²) in [6, 6.07) is 0. The van der Waals surface area contributed by atoms with E-state index in [2.05, 4.69) is 34.6 Å². The smallest absolute Gasteiger partial charge is 0.306 e. The third-order valence-corrected chi connectivity index (χ3v) is 14.3. The van der Waals surface area contributed by atoms with E-state index in [9.17, 15) is 14.4 Å². The van der Waals surface area contributed by atoms with Crippen LogP contribution in [-0.2, 0) is 28.6 Å². The van der Waals surface area contributed by atoms with Gasteiger partial charge in [0, 0.05) is 19.3 Å². The molecule has 0 bridgehead atoms. The Labute approximate surface area is 418 Å². The predicted molar refractivity (Wildman–Crippen MR) is 289 cm³/mol. The molecule has 0 aliphatic heterocycles. The van der Waals surface area contributed by atoms with Gasteiger partial charge in [0.05, 0.1) is 0 Å². The largest absolute Gasteiger partial charge is 0.462 e. The number of carbonyl (C=O) groups excluding carboxylic acids is 3. The second-order valence-corrected chi connectivity index (χ2v) is 21.7. The molecule has 0 saturated heterocycles. The molecule has 0 aliphatic rings. The molecule has 6 heteroatoms. The summed E-state index contributed by atoms with van der Waals surface area (Å²) in [6.07, 6.45) is 58.1. The Kier molecular flexibility index (Phi) is 52.5. The van der Waals surface area contributed by atoms with Gasteiger partial charge in [-0.25, -0.2) is 0 Å². The van der Waals surface area contributed by atoms with Gasteiger partial charge in [-0.3, -0.25) is 14.4 Å². The lowest BCUT2D eigenvalue weighted by Crippen LogP contribution is -2.30. The maximum Gasteiger partial charge on any atom is 0.306 e. The van der Waals surface area contributed by atoms with Crippen LogP contribution in [-0.4, -0.2) is 37.2 Å². The van der Waals surface area contributed by atoms with Gasteiger partial charge >= 0.3 is 17.9 Å². The fourth-order valence-corrected chi connectivity index (χ4v) is 9.37. The molecule has 0 aliphatic carbocycles. The average Bonchev–Trinajstić information content (AvgIpc) is 3.31. The summed E-state index contributed by atoms with van der Waals surface area (Å²) in [5, 5.41) is 0. The topological polar surface area (TPSA) is 78.9 Å². The molecule has 0 amide bonds. The predicted octanol–water partition coefficient (Wildman–Crippen LogP) is 20.0. The molecule has 1 unspecified atom stereocenters. The van der Waals surface area contributed by atoms with Gasteiger partial charge in [0.15, 0.2) is 6.10 Å². The highest BCUT2D eigenvalue weighted by molar-refractivity contribution is 5.71. The van der Waals surface area contributed by atoms with E-state index < -0.39 is 6.10 Å². The van der Waals surface area contributed by atoms with Crippen LogP contribution in [0.4, 0.5) is 0 Å². The molecule has 398 valence electrons. The Balaban J connectivity index is 4.27. The van der Waals surface area contributed by atoms with E-state index in [1.165, 1.54) is 231 Å². The maximum atomic E-state index is 12.9. The third-order valence-electron chi connectivity index (χ3n) is 14.3. The number of carbonyl (C=O) groups is 3. The highest BCUT2D eigenvalue weighted by Crippen LogP contribution is 2.19. The van der Waals surface area contributed by atoms with Crippen molar-refractivity contribution in [2.24, 2.45) is 11.8 Å². The van der Waals surface area contributed by atoms with Crippen LogP contribution in [0.2, 0.25) is 0 Å². The van der Waals surface area contributed by atoms with Gasteiger partial charge in [-0.15, -0.1) is 0 Å². The summed E-state index contributed by atoms with van der Waals surface area (Å²) in [5.41, 5.74) is 0. The first-order chi connectivity index (χ1) is 32.8. The van der Waals surface area contributed by atoms with E-state index >= 15 is 0 Å². The molecule has 0 aromatic heterocycles. The van der Waals surface area contributed by atoms with E-state index in [1.807, 2.05) is 0 Å². The van der Waals surface area contributed by atoms with Gasteiger partial charge in [0.25, 0.3) is 0 Å². The molecule has 0 aromatic carbocycles. The van der Waals surface area contributed by atoms with Crippen molar-refractivity contribution in [2.45, 2.75) is 349 Å². The summed E-state index contributed by atoms with van der Waals surface area (Å²) in [6.45, 7) is 11.4. The molecule has 0 aromatic rings. The second kappa shape index (κ2) is 53.8. The van der Waals surface area contributed by atoms with Crippen LogP contribution in [0.3, 0.4) is 0 Å². The first-order valence-corrected chi connectivity index (χ1v) is 30.3. The molecule has 0 rings (SSSR count). The highest BCUT2D eigenvalue weighted by Gasteiger charge is 2.19. The Bertz CT molecular complexity index is 1030. The quantitative estimate of drug-likeness (QED) is 0.0343. The molecule has 2 atom stereocenters. The van der Waals surface area contributed by atoms with E-state index in [1.54, 1.807) is 0 Å². The summed E-state index contributed by atoms with van der Waals surface area (Å²) in [5.74, 6) is 0.859. The standard InChI is InChI=1S/C61H118O6/c1-6-8-9-10-11-12-13-14-15-16-17-18-21-25-28-31-38-43-48-53-61(64)67-58(55-66-60(63)52-47-42-37-33-32-35-40-45-50-57(5)7-2)54-65-59(62)51-46-41-36-30-27-24-22-19-20-23-26-29-34-39-44-49-56(3)4/h56-58H,6-55H2,1-5H3/t57?,58-/m1/s1. The van der Waals surface area contributed by atoms with Gasteiger partial charge in [-0.05, 0) is 31.1 Å². The van der Waals surface area contributed by atoms with Gasteiger partial charge in [-0.2, -0.15) is 0 Å². The lowest BCUT2D eigenvalue weighted by Gasteiger charge is -2.18. The Hall–Kier alpha value is -1.59. The van der Waals surface area contributed by atoms with Gasteiger partial charge in [-0.1, -0.05) is 304 Å². The molecular formula is C61H118O6. The second-order valence-electron chi connectivity index (χ2n) is 21.7. The Morgan fingerprint density at radius 3 is 0.851 bits per heavy atom. The van der Waals surface area contributed by atoms with Crippen molar-refractivity contribution < 1.29 is 28.6 Å². The molecule has 6 nitrogen and oxygen atoms in total. The highest BCUT2D eigenvalue weighted by atomic mass is 16.6. The summed E-state index contributed by atoms with van der Waals surface area (Å²) in [4.78, 5) is 38.2. The molecule has 0 radical (unpaired) electrons. The number of hydrogen-bond acceptors (Lipinski definition) is 6. The summed E-state index contributed by atoms with van der Waals surface area (Å²) in [7, 11) is 0. The number of rotatable bonds is 55. The molecule has 0 heterocycles. The van der Waals surface area contributed by atoms with Crippen molar-refractivity contribution in [1.29, 1.82) is 0 Å². The van der Waals surface area contributed by atoms with Crippen molar-refractivity contribution in [1.82, 2.24) is 0 Å². The zero-order chi connectivity index (χ0) is 48.9. The van der Waals surface area contributed by atoms with Crippen LogP contribution in [0.1, 0.15) is 343 Å². The minimum atomic E-state index is -0.763. The molecule has 0 fully saturated rings. The molecule has 67 heavy (non-hydrogen) atoms. The minimum Gasteiger partial charge on any atom is -0.462 e. The number of unbranched alkanes of at least 4 members (excludes halogenated alkanes) is 39. The molecule has 0 spiro atoms. The number of esters is 3. The molecule has 0 N–H and O–H groups in total. The lowest BCUT2D eigenvalue weighted by atomic mass is 9.99. The van der Waals surface area contributed by atoms with E-state index in [0.717, 1.165) is 69.6 Å². The minimum absolute atomic E-state index is 0.0628. The van der Waals surface area contributed by atoms with E-state index in [0.29, 0.717) is 19.3 Å². The van der Waals surface area contributed by atoms with Crippen LogP contribution >= 0.6 is 0 Å². The van der Waals surface area contributed by atoms with Crippen LogP contribution in [0, 0.1) is 11.8 Å². The fourth-order valence-electron chi connectivity index (χ4n) is 9.37. The molecule has 0 saturated carbocycles. The van der Waals surface area contributed by atoms with Crippen LogP contribution in [0.25, 0.3) is 0 Å². The zero-order valence-electron chi connectivity index (χ0n) is 46.0. The zero-order valence-corrected chi connectivity index (χ0v) is 46.0. The van der Waals surface area contributed by atoms with E-state index in [4.69, 9.17) is 14.2 Å². The van der Waals surface area contributed by atoms with Crippen LogP contribution < -0.4 is 0 Å². The lowest BCUT2D eigenvalue weighted by molar-refractivity contribution is -0.167. The summed E-state index contributed by atoms with van der Waals surface area (Å²) >= 11 is 0. The van der Waals surface area contributed by atoms with Crippen molar-refractivity contribution in [3.8, 4) is 0 Å². The fraction of sp³-hybridized carbons (Fsp3) is 0.951. The van der Waals surface area contributed by atoms with Gasteiger partial charge in [0.2, 0.25) is 0 Å². The Morgan fingerprint density at radius 2 is 0.567 bits per heavy atom. The van der Waals surface area contributed by atoms with Crippen molar-refractivity contribution in [3.63, 3.8) is 0 Å². The van der Waals surface area contributed by atoms with Gasteiger partial charge < -0.3 is 14.2 Å². The molecular weight excluding hydrogens is 829 g/mol. The first-order valence-electron chi connectivity index (χ1n) is 30.3. The van der Waals surface area contributed by atoms with Crippen LogP contribution in [0.5, 0.6) is 0 Å². The van der Waals surface area contributed by atoms with Crippen molar-refractivity contribution in [2.75, 3.05) is 13.2 Å². The number of hydrogen-bond donors (Lipinski definition) is 0. The van der Waals surface area contributed by atoms with Crippen molar-refractivity contribution >= 4 is 17.9 Å². The van der Waals surface area contributed by atoms with Crippen LogP contribution in [0.15, 0.2) is 0 Å². The third kappa shape index (κ3) is 53.6.